The minimum atomic E-state index is -0.314. The SMILES string of the molecule is CCOC(=O)C(CN(CC)c1ccc(C)cc1)NC(C)C. The number of ether oxygens (including phenoxy) is 1. The molecule has 4 heteroatoms. The Morgan fingerprint density at radius 3 is 2.33 bits per heavy atom. The van der Waals surface area contributed by atoms with Gasteiger partial charge in [0.25, 0.3) is 0 Å². The highest BCUT2D eigenvalue weighted by Gasteiger charge is 2.23. The van der Waals surface area contributed by atoms with E-state index < -0.39 is 0 Å². The third-order valence-corrected chi connectivity index (χ3v) is 3.29. The van der Waals surface area contributed by atoms with Crippen LogP contribution in [-0.2, 0) is 9.53 Å². The van der Waals surface area contributed by atoms with Gasteiger partial charge in [-0.25, -0.2) is 0 Å². The molecule has 0 saturated heterocycles. The minimum Gasteiger partial charge on any atom is -0.465 e. The van der Waals surface area contributed by atoms with E-state index >= 15 is 0 Å². The van der Waals surface area contributed by atoms with Crippen LogP contribution in [0.5, 0.6) is 0 Å². The summed E-state index contributed by atoms with van der Waals surface area (Å²) in [5.41, 5.74) is 2.36. The van der Waals surface area contributed by atoms with E-state index in [4.69, 9.17) is 4.74 Å². The summed E-state index contributed by atoms with van der Waals surface area (Å²) in [7, 11) is 0. The van der Waals surface area contributed by atoms with E-state index in [2.05, 4.69) is 48.3 Å². The number of rotatable bonds is 8. The summed E-state index contributed by atoms with van der Waals surface area (Å²) in [6, 6.07) is 8.29. The second-order valence-electron chi connectivity index (χ2n) is 5.50. The largest absolute Gasteiger partial charge is 0.465 e. The van der Waals surface area contributed by atoms with Crippen LogP contribution in [0.2, 0.25) is 0 Å². The van der Waals surface area contributed by atoms with Gasteiger partial charge in [0.05, 0.1) is 6.61 Å². The predicted octanol–water partition coefficient (Wildman–Crippen LogP) is 2.75. The molecular weight excluding hydrogens is 264 g/mol. The van der Waals surface area contributed by atoms with E-state index in [1.165, 1.54) is 5.56 Å². The molecule has 0 fully saturated rings. The fraction of sp³-hybridized carbons (Fsp3) is 0.588. The molecule has 0 spiro atoms. The predicted molar refractivity (Wildman–Crippen MR) is 87.8 cm³/mol. The Hall–Kier alpha value is -1.55. The van der Waals surface area contributed by atoms with Gasteiger partial charge in [0.15, 0.2) is 0 Å². The molecule has 0 heterocycles. The summed E-state index contributed by atoms with van der Waals surface area (Å²) in [5, 5.41) is 3.29. The molecule has 0 radical (unpaired) electrons. The fourth-order valence-corrected chi connectivity index (χ4v) is 2.23. The molecule has 1 atom stereocenters. The van der Waals surface area contributed by atoms with Crippen molar-refractivity contribution in [3.05, 3.63) is 29.8 Å². The molecule has 0 aliphatic heterocycles. The second-order valence-corrected chi connectivity index (χ2v) is 5.50. The van der Waals surface area contributed by atoms with Gasteiger partial charge in [-0.1, -0.05) is 31.5 Å². The lowest BCUT2D eigenvalue weighted by molar-refractivity contribution is -0.145. The third kappa shape index (κ3) is 5.76. The average molecular weight is 292 g/mol. The van der Waals surface area contributed by atoms with Crippen molar-refractivity contribution >= 4 is 11.7 Å². The zero-order valence-corrected chi connectivity index (χ0v) is 13.8. The summed E-state index contributed by atoms with van der Waals surface area (Å²) in [6.45, 7) is 11.9. The number of nitrogens with one attached hydrogen (secondary N) is 1. The molecule has 1 rings (SSSR count). The van der Waals surface area contributed by atoms with Crippen LogP contribution >= 0.6 is 0 Å². The summed E-state index contributed by atoms with van der Waals surface area (Å²) in [5.74, 6) is -0.184. The van der Waals surface area contributed by atoms with Crippen molar-refractivity contribution in [1.29, 1.82) is 0 Å². The first kappa shape index (κ1) is 17.5. The van der Waals surface area contributed by atoms with E-state index in [0.29, 0.717) is 13.2 Å². The first-order chi connectivity index (χ1) is 9.97. The van der Waals surface area contributed by atoms with Crippen molar-refractivity contribution < 1.29 is 9.53 Å². The van der Waals surface area contributed by atoms with Crippen LogP contribution in [0, 0.1) is 6.92 Å². The molecule has 118 valence electrons. The normalized spacial score (nSPS) is 12.3. The number of esters is 1. The number of likely N-dealkylation sites (N-methyl/N-ethyl adjacent to an activating group) is 1. The number of carbonyl (C=O) groups is 1. The molecule has 1 aromatic carbocycles. The zero-order chi connectivity index (χ0) is 15.8. The van der Waals surface area contributed by atoms with Gasteiger partial charge in [-0.05, 0) is 32.9 Å². The Balaban J connectivity index is 2.82. The Morgan fingerprint density at radius 1 is 1.24 bits per heavy atom. The van der Waals surface area contributed by atoms with Crippen LogP contribution in [0.3, 0.4) is 0 Å². The first-order valence-corrected chi connectivity index (χ1v) is 7.72. The lowest BCUT2D eigenvalue weighted by Gasteiger charge is -2.29. The smallest absolute Gasteiger partial charge is 0.324 e. The number of hydrogen-bond donors (Lipinski definition) is 1. The van der Waals surface area contributed by atoms with Crippen LogP contribution in [-0.4, -0.2) is 37.7 Å². The van der Waals surface area contributed by atoms with E-state index in [0.717, 1.165) is 12.2 Å². The molecule has 4 nitrogen and oxygen atoms in total. The average Bonchev–Trinajstić information content (AvgIpc) is 2.44. The van der Waals surface area contributed by atoms with Crippen molar-refractivity contribution in [2.24, 2.45) is 0 Å². The second kappa shape index (κ2) is 8.67. The number of anilines is 1. The Morgan fingerprint density at radius 2 is 1.86 bits per heavy atom. The molecule has 1 aromatic rings. The zero-order valence-electron chi connectivity index (χ0n) is 13.8. The summed E-state index contributed by atoms with van der Waals surface area (Å²) >= 11 is 0. The Kier molecular flexibility index (Phi) is 7.23. The van der Waals surface area contributed by atoms with Crippen molar-refractivity contribution in [3.8, 4) is 0 Å². The summed E-state index contributed by atoms with van der Waals surface area (Å²) in [4.78, 5) is 14.3. The quantitative estimate of drug-likeness (QED) is 0.748. The van der Waals surface area contributed by atoms with Crippen LogP contribution in [0.25, 0.3) is 0 Å². The molecule has 1 unspecified atom stereocenters. The maximum atomic E-state index is 12.1. The molecule has 1 N–H and O–H groups in total. The molecule has 0 aromatic heterocycles. The van der Waals surface area contributed by atoms with Crippen molar-refractivity contribution in [2.75, 3.05) is 24.6 Å². The molecule has 0 saturated carbocycles. The van der Waals surface area contributed by atoms with Crippen LogP contribution in [0.1, 0.15) is 33.3 Å². The topological polar surface area (TPSA) is 41.6 Å². The third-order valence-electron chi connectivity index (χ3n) is 3.29. The van der Waals surface area contributed by atoms with Crippen LogP contribution in [0.4, 0.5) is 5.69 Å². The highest BCUT2D eigenvalue weighted by Crippen LogP contribution is 2.15. The molecule has 0 amide bonds. The molecule has 21 heavy (non-hydrogen) atoms. The summed E-state index contributed by atoms with van der Waals surface area (Å²) in [6.07, 6.45) is 0. The van der Waals surface area contributed by atoms with E-state index in [-0.39, 0.29) is 18.1 Å². The van der Waals surface area contributed by atoms with Gasteiger partial charge in [-0.3, -0.25) is 4.79 Å². The molecular formula is C17H28N2O2. The van der Waals surface area contributed by atoms with Crippen molar-refractivity contribution in [1.82, 2.24) is 5.32 Å². The number of aryl methyl sites for hydroxylation is 1. The molecule has 0 aliphatic rings. The van der Waals surface area contributed by atoms with Gasteiger partial charge < -0.3 is 15.0 Å². The van der Waals surface area contributed by atoms with Gasteiger partial charge in [-0.2, -0.15) is 0 Å². The van der Waals surface area contributed by atoms with E-state index in [1.54, 1.807) is 0 Å². The number of hydrogen-bond acceptors (Lipinski definition) is 4. The van der Waals surface area contributed by atoms with Crippen LogP contribution in [0.15, 0.2) is 24.3 Å². The van der Waals surface area contributed by atoms with Crippen LogP contribution < -0.4 is 10.2 Å². The standard InChI is InChI=1S/C17H28N2O2/c1-6-19(15-10-8-14(5)9-11-15)12-16(18-13(3)4)17(20)21-7-2/h8-11,13,16,18H,6-7,12H2,1-5H3. The van der Waals surface area contributed by atoms with E-state index in [1.807, 2.05) is 20.8 Å². The number of benzene rings is 1. The van der Waals surface area contributed by atoms with Gasteiger partial charge in [0.2, 0.25) is 0 Å². The highest BCUT2D eigenvalue weighted by atomic mass is 16.5. The lowest BCUT2D eigenvalue weighted by atomic mass is 10.2. The van der Waals surface area contributed by atoms with Gasteiger partial charge in [-0.15, -0.1) is 0 Å². The maximum Gasteiger partial charge on any atom is 0.324 e. The van der Waals surface area contributed by atoms with Gasteiger partial charge in [0.1, 0.15) is 6.04 Å². The molecule has 0 bridgehead atoms. The first-order valence-electron chi connectivity index (χ1n) is 7.72. The maximum absolute atomic E-state index is 12.1. The van der Waals surface area contributed by atoms with Gasteiger partial charge in [0, 0.05) is 24.8 Å². The summed E-state index contributed by atoms with van der Waals surface area (Å²) < 4.78 is 5.18. The minimum absolute atomic E-state index is 0.184. The van der Waals surface area contributed by atoms with E-state index in [9.17, 15) is 4.79 Å². The van der Waals surface area contributed by atoms with Crippen molar-refractivity contribution in [3.63, 3.8) is 0 Å². The monoisotopic (exact) mass is 292 g/mol. The Bertz CT molecular complexity index is 429. The lowest BCUT2D eigenvalue weighted by Crippen LogP contribution is -2.49. The Labute approximate surface area is 128 Å². The highest BCUT2D eigenvalue weighted by molar-refractivity contribution is 5.76. The number of carbonyl (C=O) groups excluding carboxylic acids is 1. The fourth-order valence-electron chi connectivity index (χ4n) is 2.23. The number of nitrogens with zero attached hydrogens (tertiary/aromatic N) is 1. The van der Waals surface area contributed by atoms with Gasteiger partial charge >= 0.3 is 5.97 Å². The molecule has 0 aliphatic carbocycles. The van der Waals surface area contributed by atoms with Crippen molar-refractivity contribution in [2.45, 2.75) is 46.7 Å².